The minimum absolute atomic E-state index is 0. The van der Waals surface area contributed by atoms with E-state index < -0.39 is 0 Å². The van der Waals surface area contributed by atoms with E-state index in [1.165, 1.54) is 0 Å². The number of fused-ring (bicyclic) bond motifs is 1. The molecule has 1 aliphatic rings. The number of nitrogens with zero attached hydrogens (tertiary/aromatic N) is 1. The molecule has 0 saturated carbocycles. The molecule has 1 heterocycles. The second-order valence-corrected chi connectivity index (χ2v) is 7.17. The summed E-state index contributed by atoms with van der Waals surface area (Å²) in [6.07, 6.45) is 1.24. The van der Waals surface area contributed by atoms with Gasteiger partial charge in [-0.2, -0.15) is 0 Å². The number of carbonyl (C=O) groups is 1. The molecule has 3 rings (SSSR count). The number of para-hydroxylation sites is 1. The first kappa shape index (κ1) is 25.6. The Balaban J connectivity index is 0.00000363. The zero-order valence-electron chi connectivity index (χ0n) is 18.6. The summed E-state index contributed by atoms with van der Waals surface area (Å²) in [5.74, 6) is 2.93. The van der Waals surface area contributed by atoms with Crippen LogP contribution in [0.15, 0.2) is 47.5 Å². The third kappa shape index (κ3) is 7.18. The van der Waals surface area contributed by atoms with Gasteiger partial charge in [-0.15, -0.1) is 24.0 Å². The monoisotopic (exact) mass is 554 g/mol. The standard InChI is InChI=1S/C23H30N4O4.HI/c1-24-23(26-15-16-11-22(28)27-21-8-5-4-7-20(16)21)25-9-6-10-31-19-13-17(29-2)12-18(14-19)30-3;/h4-5,7-8,12-14,16H,6,9-11,15H2,1-3H3,(H,27,28)(H2,24,25,26);1H. The minimum atomic E-state index is 0. The molecule has 32 heavy (non-hydrogen) atoms. The van der Waals surface area contributed by atoms with Gasteiger partial charge < -0.3 is 30.2 Å². The summed E-state index contributed by atoms with van der Waals surface area (Å²) in [7, 11) is 4.95. The number of hydrogen-bond acceptors (Lipinski definition) is 5. The molecule has 174 valence electrons. The Bertz CT molecular complexity index is 900. The van der Waals surface area contributed by atoms with Crippen molar-refractivity contribution in [3.05, 3.63) is 48.0 Å². The van der Waals surface area contributed by atoms with Gasteiger partial charge in [0.15, 0.2) is 5.96 Å². The maximum absolute atomic E-state index is 12.0. The number of nitrogens with one attached hydrogen (secondary N) is 3. The number of methoxy groups -OCH3 is 2. The van der Waals surface area contributed by atoms with Gasteiger partial charge in [0.05, 0.1) is 20.8 Å². The molecule has 0 bridgehead atoms. The van der Waals surface area contributed by atoms with Gasteiger partial charge in [0, 0.05) is 56.4 Å². The predicted octanol–water partition coefficient (Wildman–Crippen LogP) is 3.38. The Morgan fingerprint density at radius 1 is 1.09 bits per heavy atom. The summed E-state index contributed by atoms with van der Waals surface area (Å²) < 4.78 is 16.3. The molecule has 0 radical (unpaired) electrons. The molecule has 1 amide bonds. The SMILES string of the molecule is CN=C(NCCCOc1cc(OC)cc(OC)c1)NCC1CC(=O)Nc2ccccc21.I. The quantitative estimate of drug-likeness (QED) is 0.191. The van der Waals surface area contributed by atoms with Gasteiger partial charge in [-0.05, 0) is 18.1 Å². The van der Waals surface area contributed by atoms with E-state index >= 15 is 0 Å². The van der Waals surface area contributed by atoms with Crippen molar-refractivity contribution in [3.8, 4) is 17.2 Å². The van der Waals surface area contributed by atoms with Crippen LogP contribution in [0.4, 0.5) is 5.69 Å². The molecule has 0 aliphatic carbocycles. The molecule has 0 aromatic heterocycles. The van der Waals surface area contributed by atoms with Crippen LogP contribution in [0.1, 0.15) is 24.3 Å². The number of ether oxygens (including phenoxy) is 3. The van der Waals surface area contributed by atoms with Crippen molar-refractivity contribution in [1.82, 2.24) is 10.6 Å². The molecule has 2 aromatic carbocycles. The Kier molecular flexibility index (Phi) is 10.4. The van der Waals surface area contributed by atoms with Crippen molar-refractivity contribution in [1.29, 1.82) is 0 Å². The van der Waals surface area contributed by atoms with Crippen LogP contribution >= 0.6 is 24.0 Å². The van der Waals surface area contributed by atoms with Crippen molar-refractivity contribution < 1.29 is 19.0 Å². The molecular weight excluding hydrogens is 523 g/mol. The van der Waals surface area contributed by atoms with E-state index in [0.717, 1.165) is 17.7 Å². The third-order valence-corrected chi connectivity index (χ3v) is 5.05. The van der Waals surface area contributed by atoms with Crippen molar-refractivity contribution in [2.45, 2.75) is 18.8 Å². The lowest BCUT2D eigenvalue weighted by atomic mass is 9.90. The van der Waals surface area contributed by atoms with Gasteiger partial charge in [-0.3, -0.25) is 9.79 Å². The fourth-order valence-corrected chi connectivity index (χ4v) is 3.46. The van der Waals surface area contributed by atoms with Gasteiger partial charge in [0.25, 0.3) is 0 Å². The Labute approximate surface area is 206 Å². The first-order valence-corrected chi connectivity index (χ1v) is 10.3. The Morgan fingerprint density at radius 2 is 1.78 bits per heavy atom. The lowest BCUT2D eigenvalue weighted by Gasteiger charge is -2.26. The predicted molar refractivity (Wildman–Crippen MR) is 137 cm³/mol. The van der Waals surface area contributed by atoms with Crippen molar-refractivity contribution in [2.24, 2.45) is 4.99 Å². The van der Waals surface area contributed by atoms with E-state index in [9.17, 15) is 4.79 Å². The van der Waals surface area contributed by atoms with E-state index in [2.05, 4.69) is 27.0 Å². The summed E-state index contributed by atoms with van der Waals surface area (Å²) in [6.45, 7) is 1.86. The average molecular weight is 554 g/mol. The highest BCUT2D eigenvalue weighted by molar-refractivity contribution is 14.0. The van der Waals surface area contributed by atoms with Crippen molar-refractivity contribution in [3.63, 3.8) is 0 Å². The number of halogens is 1. The zero-order chi connectivity index (χ0) is 22.1. The largest absolute Gasteiger partial charge is 0.496 e. The number of amides is 1. The summed E-state index contributed by atoms with van der Waals surface area (Å²) in [4.78, 5) is 16.2. The fourth-order valence-electron chi connectivity index (χ4n) is 3.46. The second kappa shape index (κ2) is 13.0. The molecule has 1 aliphatic heterocycles. The van der Waals surface area contributed by atoms with Gasteiger partial charge in [0.2, 0.25) is 5.91 Å². The maximum atomic E-state index is 12.0. The molecule has 0 spiro atoms. The van der Waals surface area contributed by atoms with Gasteiger partial charge in [-0.1, -0.05) is 18.2 Å². The molecule has 8 nitrogen and oxygen atoms in total. The highest BCUT2D eigenvalue weighted by Crippen LogP contribution is 2.31. The van der Waals surface area contributed by atoms with E-state index in [4.69, 9.17) is 14.2 Å². The first-order valence-electron chi connectivity index (χ1n) is 10.3. The Hall–Kier alpha value is -2.69. The van der Waals surface area contributed by atoms with Crippen molar-refractivity contribution in [2.75, 3.05) is 46.3 Å². The lowest BCUT2D eigenvalue weighted by molar-refractivity contribution is -0.116. The molecular formula is C23H31IN4O4. The zero-order valence-corrected chi connectivity index (χ0v) is 21.0. The Morgan fingerprint density at radius 3 is 2.47 bits per heavy atom. The first-order chi connectivity index (χ1) is 15.1. The maximum Gasteiger partial charge on any atom is 0.225 e. The van der Waals surface area contributed by atoms with Crippen LogP contribution in [0.2, 0.25) is 0 Å². The van der Waals surface area contributed by atoms with Crippen LogP contribution < -0.4 is 30.2 Å². The van der Waals surface area contributed by atoms with Crippen LogP contribution in [0.3, 0.4) is 0 Å². The van der Waals surface area contributed by atoms with Crippen LogP contribution in [-0.2, 0) is 4.79 Å². The highest BCUT2D eigenvalue weighted by atomic mass is 127. The summed E-state index contributed by atoms with van der Waals surface area (Å²) in [5, 5.41) is 9.53. The number of rotatable bonds is 9. The van der Waals surface area contributed by atoms with Crippen LogP contribution in [-0.4, -0.2) is 52.8 Å². The fraction of sp³-hybridized carbons (Fsp3) is 0.391. The van der Waals surface area contributed by atoms with E-state index in [1.54, 1.807) is 27.3 Å². The number of carbonyl (C=O) groups excluding carboxylic acids is 1. The number of hydrogen-bond donors (Lipinski definition) is 3. The normalized spacial score (nSPS) is 15.0. The van der Waals surface area contributed by atoms with Crippen LogP contribution in [0.25, 0.3) is 0 Å². The van der Waals surface area contributed by atoms with Crippen LogP contribution in [0, 0.1) is 0 Å². The molecule has 9 heteroatoms. The van der Waals surface area contributed by atoms with Gasteiger partial charge >= 0.3 is 0 Å². The minimum Gasteiger partial charge on any atom is -0.496 e. The number of aliphatic imine (C=N–C) groups is 1. The number of anilines is 1. The number of guanidine groups is 1. The summed E-state index contributed by atoms with van der Waals surface area (Å²) in [6, 6.07) is 13.4. The molecule has 1 atom stereocenters. The van der Waals surface area contributed by atoms with Crippen LogP contribution in [0.5, 0.6) is 17.2 Å². The smallest absolute Gasteiger partial charge is 0.225 e. The highest BCUT2D eigenvalue weighted by Gasteiger charge is 2.24. The second-order valence-electron chi connectivity index (χ2n) is 7.17. The molecule has 0 saturated heterocycles. The molecule has 1 unspecified atom stereocenters. The van der Waals surface area contributed by atoms with Gasteiger partial charge in [-0.25, -0.2) is 0 Å². The number of benzene rings is 2. The topological polar surface area (TPSA) is 93.2 Å². The summed E-state index contributed by atoms with van der Waals surface area (Å²) >= 11 is 0. The average Bonchev–Trinajstić information content (AvgIpc) is 2.80. The molecule has 0 fully saturated rings. The van der Waals surface area contributed by atoms with Gasteiger partial charge in [0.1, 0.15) is 17.2 Å². The summed E-state index contributed by atoms with van der Waals surface area (Å²) in [5.41, 5.74) is 2.03. The molecule has 3 N–H and O–H groups in total. The molecule has 2 aromatic rings. The van der Waals surface area contributed by atoms with E-state index in [-0.39, 0.29) is 35.8 Å². The third-order valence-electron chi connectivity index (χ3n) is 5.05. The van der Waals surface area contributed by atoms with Crippen molar-refractivity contribution >= 4 is 41.5 Å². The van der Waals surface area contributed by atoms with E-state index in [0.29, 0.717) is 49.3 Å². The lowest BCUT2D eigenvalue weighted by Crippen LogP contribution is -2.41. The van der Waals surface area contributed by atoms with E-state index in [1.807, 2.05) is 30.3 Å².